The van der Waals surface area contributed by atoms with Gasteiger partial charge in [0, 0.05) is 11.4 Å². The first-order chi connectivity index (χ1) is 10.3. The van der Waals surface area contributed by atoms with E-state index in [1.165, 1.54) is 12.1 Å². The Kier molecular flexibility index (Phi) is 4.40. The highest BCUT2D eigenvalue weighted by atomic mass is 19.4. The SMILES string of the molecule is CC(C(=O)O)c1cccc(Nc2cccc(C(F)(F)F)c2)c1. The molecule has 0 aliphatic rings. The molecule has 2 rings (SSSR count). The number of rotatable bonds is 4. The molecular weight excluding hydrogens is 295 g/mol. The number of hydrogen-bond donors (Lipinski definition) is 2. The van der Waals surface area contributed by atoms with Crippen molar-refractivity contribution in [3.8, 4) is 0 Å². The summed E-state index contributed by atoms with van der Waals surface area (Å²) in [6.07, 6.45) is -4.41. The summed E-state index contributed by atoms with van der Waals surface area (Å²) in [6.45, 7) is 1.55. The van der Waals surface area contributed by atoms with Gasteiger partial charge in [-0.3, -0.25) is 4.79 Å². The van der Waals surface area contributed by atoms with Crippen LogP contribution in [0.1, 0.15) is 24.0 Å². The molecule has 1 unspecified atom stereocenters. The van der Waals surface area contributed by atoms with Gasteiger partial charge in [0.25, 0.3) is 0 Å². The molecule has 22 heavy (non-hydrogen) atoms. The van der Waals surface area contributed by atoms with Crippen molar-refractivity contribution < 1.29 is 23.1 Å². The Balaban J connectivity index is 2.25. The van der Waals surface area contributed by atoms with E-state index in [9.17, 15) is 18.0 Å². The fourth-order valence-corrected chi connectivity index (χ4v) is 1.97. The van der Waals surface area contributed by atoms with Gasteiger partial charge >= 0.3 is 12.1 Å². The van der Waals surface area contributed by atoms with E-state index in [-0.39, 0.29) is 5.69 Å². The molecule has 0 saturated heterocycles. The lowest BCUT2D eigenvalue weighted by molar-refractivity contribution is -0.138. The summed E-state index contributed by atoms with van der Waals surface area (Å²) in [5.74, 6) is -1.65. The number of nitrogens with one attached hydrogen (secondary N) is 1. The maximum atomic E-state index is 12.7. The van der Waals surface area contributed by atoms with E-state index >= 15 is 0 Å². The molecule has 0 heterocycles. The lowest BCUT2D eigenvalue weighted by Gasteiger charge is -2.12. The summed E-state index contributed by atoms with van der Waals surface area (Å²) in [5.41, 5.74) is 0.650. The van der Waals surface area contributed by atoms with Crippen molar-refractivity contribution in [1.82, 2.24) is 0 Å². The minimum Gasteiger partial charge on any atom is -0.481 e. The van der Waals surface area contributed by atoms with Gasteiger partial charge in [-0.15, -0.1) is 0 Å². The smallest absolute Gasteiger partial charge is 0.416 e. The van der Waals surface area contributed by atoms with Gasteiger partial charge in [0.2, 0.25) is 0 Å². The van der Waals surface area contributed by atoms with Crippen LogP contribution in [0, 0.1) is 0 Å². The fourth-order valence-electron chi connectivity index (χ4n) is 1.97. The Morgan fingerprint density at radius 2 is 1.68 bits per heavy atom. The van der Waals surface area contributed by atoms with Crippen LogP contribution in [0.3, 0.4) is 0 Å². The van der Waals surface area contributed by atoms with E-state index < -0.39 is 23.6 Å². The van der Waals surface area contributed by atoms with Crippen LogP contribution in [0.4, 0.5) is 24.5 Å². The lowest BCUT2D eigenvalue weighted by atomic mass is 10.0. The third-order valence-electron chi connectivity index (χ3n) is 3.24. The lowest BCUT2D eigenvalue weighted by Crippen LogP contribution is -2.07. The van der Waals surface area contributed by atoms with Gasteiger partial charge in [0.1, 0.15) is 0 Å². The molecule has 0 saturated carbocycles. The number of carbonyl (C=O) groups is 1. The van der Waals surface area contributed by atoms with Gasteiger partial charge < -0.3 is 10.4 Å². The van der Waals surface area contributed by atoms with Gasteiger partial charge in [0.15, 0.2) is 0 Å². The summed E-state index contributed by atoms with van der Waals surface area (Å²) in [7, 11) is 0. The Morgan fingerprint density at radius 1 is 1.09 bits per heavy atom. The van der Waals surface area contributed by atoms with Crippen molar-refractivity contribution in [3.63, 3.8) is 0 Å². The molecule has 3 nitrogen and oxygen atoms in total. The first kappa shape index (κ1) is 15.9. The molecular formula is C16H14F3NO2. The zero-order valence-corrected chi connectivity index (χ0v) is 11.7. The topological polar surface area (TPSA) is 49.3 Å². The first-order valence-electron chi connectivity index (χ1n) is 6.54. The monoisotopic (exact) mass is 309 g/mol. The summed E-state index contributed by atoms with van der Waals surface area (Å²) >= 11 is 0. The van der Waals surface area contributed by atoms with Crippen LogP contribution in [0.2, 0.25) is 0 Å². The average molecular weight is 309 g/mol. The van der Waals surface area contributed by atoms with Crippen LogP contribution >= 0.6 is 0 Å². The van der Waals surface area contributed by atoms with Crippen LogP contribution in [0.5, 0.6) is 0 Å². The molecule has 0 aliphatic carbocycles. The number of aliphatic carboxylic acids is 1. The number of halogens is 3. The Morgan fingerprint density at radius 3 is 2.27 bits per heavy atom. The maximum absolute atomic E-state index is 12.7. The number of carboxylic acids is 1. The summed E-state index contributed by atoms with van der Waals surface area (Å²) in [5, 5.41) is 11.9. The minimum atomic E-state index is -4.41. The highest BCUT2D eigenvalue weighted by molar-refractivity contribution is 5.76. The van der Waals surface area contributed by atoms with Crippen molar-refractivity contribution in [3.05, 3.63) is 59.7 Å². The third-order valence-corrected chi connectivity index (χ3v) is 3.24. The van der Waals surface area contributed by atoms with Crippen LogP contribution in [-0.2, 0) is 11.0 Å². The molecule has 2 aromatic rings. The standard InChI is InChI=1S/C16H14F3NO2/c1-10(15(21)22)11-4-2-6-13(8-11)20-14-7-3-5-12(9-14)16(17,18)19/h2-10,20H,1H3,(H,21,22). The van der Waals surface area contributed by atoms with Crippen molar-refractivity contribution in [1.29, 1.82) is 0 Å². The predicted octanol–water partition coefficient (Wildman–Crippen LogP) is 4.64. The van der Waals surface area contributed by atoms with E-state index in [0.717, 1.165) is 12.1 Å². The zero-order valence-electron chi connectivity index (χ0n) is 11.7. The van der Waals surface area contributed by atoms with Crippen molar-refractivity contribution in [2.24, 2.45) is 0 Å². The largest absolute Gasteiger partial charge is 0.481 e. The molecule has 116 valence electrons. The van der Waals surface area contributed by atoms with Crippen LogP contribution < -0.4 is 5.32 Å². The summed E-state index contributed by atoms with van der Waals surface area (Å²) in [6, 6.07) is 11.4. The minimum absolute atomic E-state index is 0.287. The summed E-state index contributed by atoms with van der Waals surface area (Å²) in [4.78, 5) is 11.0. The molecule has 0 spiro atoms. The molecule has 0 radical (unpaired) electrons. The highest BCUT2D eigenvalue weighted by Gasteiger charge is 2.30. The Bertz CT molecular complexity index is 683. The quantitative estimate of drug-likeness (QED) is 0.865. The number of hydrogen-bond acceptors (Lipinski definition) is 2. The van der Waals surface area contributed by atoms with Crippen molar-refractivity contribution >= 4 is 17.3 Å². The third kappa shape index (κ3) is 3.78. The van der Waals surface area contributed by atoms with Crippen LogP contribution in [0.25, 0.3) is 0 Å². The molecule has 0 aromatic heterocycles. The molecule has 2 aromatic carbocycles. The van der Waals surface area contributed by atoms with Gasteiger partial charge in [-0.1, -0.05) is 18.2 Å². The van der Waals surface area contributed by atoms with E-state index in [0.29, 0.717) is 11.3 Å². The summed E-state index contributed by atoms with van der Waals surface area (Å²) < 4.78 is 38.0. The van der Waals surface area contributed by atoms with Gasteiger partial charge in [0.05, 0.1) is 11.5 Å². The van der Waals surface area contributed by atoms with E-state index in [1.807, 2.05) is 0 Å². The highest BCUT2D eigenvalue weighted by Crippen LogP contribution is 2.31. The molecule has 1 atom stereocenters. The van der Waals surface area contributed by atoms with Crippen molar-refractivity contribution in [2.75, 3.05) is 5.32 Å². The molecule has 0 fully saturated rings. The van der Waals surface area contributed by atoms with E-state index in [4.69, 9.17) is 5.11 Å². The molecule has 2 N–H and O–H groups in total. The number of carboxylic acid groups (broad SMARTS) is 1. The second-order valence-corrected chi connectivity index (χ2v) is 4.89. The average Bonchev–Trinajstić information content (AvgIpc) is 2.46. The van der Waals surface area contributed by atoms with Gasteiger partial charge in [-0.2, -0.15) is 13.2 Å². The van der Waals surface area contributed by atoms with E-state index in [2.05, 4.69) is 5.32 Å². The number of benzene rings is 2. The van der Waals surface area contributed by atoms with Crippen LogP contribution in [-0.4, -0.2) is 11.1 Å². The Labute approximate surface area is 125 Å². The predicted molar refractivity (Wildman–Crippen MR) is 77.2 cm³/mol. The molecule has 6 heteroatoms. The van der Waals surface area contributed by atoms with E-state index in [1.54, 1.807) is 31.2 Å². The van der Waals surface area contributed by atoms with Gasteiger partial charge in [-0.25, -0.2) is 0 Å². The molecule has 0 aliphatic heterocycles. The van der Waals surface area contributed by atoms with Crippen LogP contribution in [0.15, 0.2) is 48.5 Å². The first-order valence-corrected chi connectivity index (χ1v) is 6.54. The van der Waals surface area contributed by atoms with Crippen molar-refractivity contribution in [2.45, 2.75) is 19.0 Å². The second kappa shape index (κ2) is 6.09. The van der Waals surface area contributed by atoms with Gasteiger partial charge in [-0.05, 0) is 42.8 Å². The fraction of sp³-hybridized carbons (Fsp3) is 0.188. The normalized spacial score (nSPS) is 12.7. The zero-order chi connectivity index (χ0) is 16.3. The number of alkyl halides is 3. The molecule has 0 amide bonds. The maximum Gasteiger partial charge on any atom is 0.416 e. The number of anilines is 2. The molecule has 0 bridgehead atoms. The Hall–Kier alpha value is -2.50. The second-order valence-electron chi connectivity index (χ2n) is 4.89.